The van der Waals surface area contributed by atoms with Crippen molar-refractivity contribution in [2.24, 2.45) is 5.73 Å². The van der Waals surface area contributed by atoms with Gasteiger partial charge in [0.1, 0.15) is 5.75 Å². The molecule has 0 aromatic heterocycles. The standard InChI is InChI=1S/C9H12BrNO2.ClH/c1-5-2-6(10)3-7(9(5)13)8(11)4-12;/h2-3,8,12-13H,4,11H2,1H3;1H/t8-;/m0./s1. The second-order valence-corrected chi connectivity index (χ2v) is 3.87. The van der Waals surface area contributed by atoms with Gasteiger partial charge in [0, 0.05) is 10.0 Å². The maximum atomic E-state index is 9.61. The Morgan fingerprint density at radius 3 is 2.57 bits per heavy atom. The lowest BCUT2D eigenvalue weighted by Crippen LogP contribution is -2.14. The van der Waals surface area contributed by atoms with Crippen LogP contribution < -0.4 is 5.73 Å². The molecule has 1 aromatic rings. The number of aliphatic hydroxyl groups is 1. The van der Waals surface area contributed by atoms with Crippen LogP contribution in [0, 0.1) is 6.92 Å². The lowest BCUT2D eigenvalue weighted by molar-refractivity contribution is 0.265. The van der Waals surface area contributed by atoms with E-state index in [-0.39, 0.29) is 24.8 Å². The Hall–Kier alpha value is -0.290. The van der Waals surface area contributed by atoms with Crippen molar-refractivity contribution in [3.05, 3.63) is 27.7 Å². The Balaban J connectivity index is 0.00000169. The first-order valence-corrected chi connectivity index (χ1v) is 4.71. The summed E-state index contributed by atoms with van der Waals surface area (Å²) in [6.07, 6.45) is 0. The highest BCUT2D eigenvalue weighted by molar-refractivity contribution is 9.10. The Bertz CT molecular complexity index is 320. The molecule has 0 unspecified atom stereocenters. The van der Waals surface area contributed by atoms with Gasteiger partial charge in [-0.25, -0.2) is 0 Å². The molecule has 0 aliphatic rings. The quantitative estimate of drug-likeness (QED) is 0.776. The second kappa shape index (κ2) is 5.56. The molecule has 1 rings (SSSR count). The predicted octanol–water partition coefficient (Wildman–Crippen LogP) is 1.88. The van der Waals surface area contributed by atoms with Gasteiger partial charge in [-0.15, -0.1) is 12.4 Å². The van der Waals surface area contributed by atoms with Gasteiger partial charge < -0.3 is 15.9 Å². The highest BCUT2D eigenvalue weighted by Crippen LogP contribution is 2.29. The molecule has 0 heterocycles. The van der Waals surface area contributed by atoms with E-state index < -0.39 is 6.04 Å². The number of aryl methyl sites for hydroxylation is 1. The molecule has 0 saturated heterocycles. The van der Waals surface area contributed by atoms with E-state index in [0.717, 1.165) is 10.0 Å². The van der Waals surface area contributed by atoms with Gasteiger partial charge >= 0.3 is 0 Å². The van der Waals surface area contributed by atoms with E-state index in [9.17, 15) is 5.11 Å². The van der Waals surface area contributed by atoms with Crippen LogP contribution in [0.15, 0.2) is 16.6 Å². The molecule has 4 N–H and O–H groups in total. The number of phenols is 1. The molecule has 0 bridgehead atoms. The molecule has 0 aliphatic heterocycles. The SMILES string of the molecule is Cc1cc(Br)cc([C@@H](N)CO)c1O.Cl. The lowest BCUT2D eigenvalue weighted by Gasteiger charge is -2.12. The Labute approximate surface area is 97.5 Å². The van der Waals surface area contributed by atoms with E-state index in [2.05, 4.69) is 15.9 Å². The summed E-state index contributed by atoms with van der Waals surface area (Å²) in [6.45, 7) is 1.61. The molecule has 3 nitrogen and oxygen atoms in total. The first-order valence-electron chi connectivity index (χ1n) is 3.91. The third-order valence-corrected chi connectivity index (χ3v) is 2.35. The van der Waals surface area contributed by atoms with E-state index in [1.54, 1.807) is 19.1 Å². The van der Waals surface area contributed by atoms with E-state index in [0.29, 0.717) is 5.56 Å². The number of nitrogens with two attached hydrogens (primary N) is 1. The first-order chi connectivity index (χ1) is 6.06. The van der Waals surface area contributed by atoms with Gasteiger partial charge in [-0.1, -0.05) is 15.9 Å². The van der Waals surface area contributed by atoms with Crippen LogP contribution in [0.5, 0.6) is 5.75 Å². The number of hydrogen-bond donors (Lipinski definition) is 3. The number of hydrogen-bond acceptors (Lipinski definition) is 3. The predicted molar refractivity (Wildman–Crippen MR) is 61.8 cm³/mol. The zero-order chi connectivity index (χ0) is 10.0. The van der Waals surface area contributed by atoms with E-state index in [4.69, 9.17) is 10.8 Å². The van der Waals surface area contributed by atoms with Gasteiger partial charge in [-0.3, -0.25) is 0 Å². The molecule has 5 heteroatoms. The third kappa shape index (κ3) is 2.85. The second-order valence-electron chi connectivity index (χ2n) is 2.95. The van der Waals surface area contributed by atoms with E-state index in [1.165, 1.54) is 0 Å². The topological polar surface area (TPSA) is 66.5 Å². The highest BCUT2D eigenvalue weighted by atomic mass is 79.9. The van der Waals surface area contributed by atoms with Crippen LogP contribution >= 0.6 is 28.3 Å². The summed E-state index contributed by atoms with van der Waals surface area (Å²) in [4.78, 5) is 0. The van der Waals surface area contributed by atoms with Crippen LogP contribution in [0.3, 0.4) is 0 Å². The molecule has 0 saturated carbocycles. The van der Waals surface area contributed by atoms with Crippen LogP contribution in [0.25, 0.3) is 0 Å². The van der Waals surface area contributed by atoms with Crippen molar-refractivity contribution in [2.75, 3.05) is 6.61 Å². The zero-order valence-electron chi connectivity index (χ0n) is 7.70. The van der Waals surface area contributed by atoms with E-state index in [1.807, 2.05) is 0 Å². The number of rotatable bonds is 2. The molecule has 80 valence electrons. The Kier molecular flexibility index (Phi) is 5.44. The largest absolute Gasteiger partial charge is 0.507 e. The molecule has 0 aliphatic carbocycles. The van der Waals surface area contributed by atoms with Gasteiger partial charge in [0.15, 0.2) is 0 Å². The van der Waals surface area contributed by atoms with Crippen molar-refractivity contribution >= 4 is 28.3 Å². The van der Waals surface area contributed by atoms with Crippen molar-refractivity contribution in [1.82, 2.24) is 0 Å². The van der Waals surface area contributed by atoms with Gasteiger partial charge in [0.2, 0.25) is 0 Å². The zero-order valence-corrected chi connectivity index (χ0v) is 10.1. The summed E-state index contributed by atoms with van der Waals surface area (Å²) in [5, 5.41) is 18.5. The summed E-state index contributed by atoms with van der Waals surface area (Å²) in [7, 11) is 0. The van der Waals surface area contributed by atoms with Gasteiger partial charge in [-0.2, -0.15) is 0 Å². The smallest absolute Gasteiger partial charge is 0.123 e. The van der Waals surface area contributed by atoms with Crippen LogP contribution in [0.4, 0.5) is 0 Å². The maximum absolute atomic E-state index is 9.61. The fraction of sp³-hybridized carbons (Fsp3) is 0.333. The molecule has 0 radical (unpaired) electrons. The minimum Gasteiger partial charge on any atom is -0.507 e. The van der Waals surface area contributed by atoms with Crippen LogP contribution in [0.1, 0.15) is 17.2 Å². The van der Waals surface area contributed by atoms with Crippen molar-refractivity contribution in [3.8, 4) is 5.75 Å². The molecule has 1 aromatic carbocycles. The summed E-state index contributed by atoms with van der Waals surface area (Å²) in [6, 6.07) is 2.97. The monoisotopic (exact) mass is 281 g/mol. The number of benzene rings is 1. The molecule has 0 fully saturated rings. The fourth-order valence-electron chi connectivity index (χ4n) is 1.14. The number of halogens is 2. The fourth-order valence-corrected chi connectivity index (χ4v) is 1.73. The van der Waals surface area contributed by atoms with Crippen LogP contribution in [-0.2, 0) is 0 Å². The van der Waals surface area contributed by atoms with Gasteiger partial charge in [-0.05, 0) is 24.6 Å². The van der Waals surface area contributed by atoms with Gasteiger partial charge in [0.05, 0.1) is 12.6 Å². The third-order valence-electron chi connectivity index (χ3n) is 1.89. The first kappa shape index (κ1) is 13.7. The average Bonchev–Trinajstić information content (AvgIpc) is 2.10. The van der Waals surface area contributed by atoms with Crippen molar-refractivity contribution in [3.63, 3.8) is 0 Å². The number of aliphatic hydroxyl groups excluding tert-OH is 1. The van der Waals surface area contributed by atoms with E-state index >= 15 is 0 Å². The molecule has 14 heavy (non-hydrogen) atoms. The van der Waals surface area contributed by atoms with Crippen molar-refractivity contribution in [2.45, 2.75) is 13.0 Å². The van der Waals surface area contributed by atoms with Crippen molar-refractivity contribution < 1.29 is 10.2 Å². The molecular formula is C9H13BrClNO2. The Morgan fingerprint density at radius 2 is 2.07 bits per heavy atom. The Morgan fingerprint density at radius 1 is 1.50 bits per heavy atom. The molecule has 0 spiro atoms. The number of aromatic hydroxyl groups is 1. The average molecular weight is 283 g/mol. The number of phenolic OH excluding ortho intramolecular Hbond substituents is 1. The van der Waals surface area contributed by atoms with Crippen LogP contribution in [0.2, 0.25) is 0 Å². The summed E-state index contributed by atoms with van der Waals surface area (Å²) >= 11 is 3.30. The van der Waals surface area contributed by atoms with Gasteiger partial charge in [0.25, 0.3) is 0 Å². The molecule has 0 amide bonds. The maximum Gasteiger partial charge on any atom is 0.123 e. The minimum absolute atomic E-state index is 0. The highest BCUT2D eigenvalue weighted by Gasteiger charge is 2.12. The normalized spacial score (nSPS) is 12.0. The van der Waals surface area contributed by atoms with Crippen LogP contribution in [-0.4, -0.2) is 16.8 Å². The minimum atomic E-state index is -0.531. The lowest BCUT2D eigenvalue weighted by atomic mass is 10.0. The summed E-state index contributed by atoms with van der Waals surface area (Å²) in [5.74, 6) is 0.157. The molecular weight excluding hydrogens is 269 g/mol. The summed E-state index contributed by atoms with van der Waals surface area (Å²) in [5.41, 5.74) is 6.91. The molecule has 1 atom stereocenters. The van der Waals surface area contributed by atoms with Crippen molar-refractivity contribution in [1.29, 1.82) is 0 Å². The summed E-state index contributed by atoms with van der Waals surface area (Å²) < 4.78 is 0.849.